The first-order chi connectivity index (χ1) is 11.4. The molecule has 7 nitrogen and oxygen atoms in total. The summed E-state index contributed by atoms with van der Waals surface area (Å²) in [5, 5.41) is 8.64. The molecule has 3 N–H and O–H groups in total. The molecule has 0 saturated carbocycles. The summed E-state index contributed by atoms with van der Waals surface area (Å²) in [6.07, 6.45) is 0.0235. The second kappa shape index (κ2) is 8.12. The van der Waals surface area contributed by atoms with Crippen molar-refractivity contribution in [1.82, 2.24) is 15.5 Å². The van der Waals surface area contributed by atoms with Crippen LogP contribution >= 0.6 is 11.6 Å². The lowest BCUT2D eigenvalue weighted by Crippen LogP contribution is -2.57. The van der Waals surface area contributed by atoms with E-state index in [0.717, 1.165) is 5.56 Å². The van der Waals surface area contributed by atoms with E-state index < -0.39 is 6.04 Å². The Morgan fingerprint density at radius 1 is 1.38 bits per heavy atom. The number of halogens is 1. The summed E-state index contributed by atoms with van der Waals surface area (Å²) >= 11 is 5.97. The van der Waals surface area contributed by atoms with Crippen molar-refractivity contribution in [2.75, 3.05) is 32.0 Å². The second-order valence-corrected chi connectivity index (χ2v) is 6.07. The molecule has 1 saturated heterocycles. The largest absolute Gasteiger partial charge is 0.359 e. The Kier molecular flexibility index (Phi) is 6.16. The van der Waals surface area contributed by atoms with Gasteiger partial charge in [-0.05, 0) is 30.7 Å². The lowest BCUT2D eigenvalue weighted by atomic mass is 10.1. The van der Waals surface area contributed by atoms with Gasteiger partial charge in [-0.15, -0.1) is 0 Å². The molecule has 0 spiro atoms. The van der Waals surface area contributed by atoms with Gasteiger partial charge in [0.15, 0.2) is 0 Å². The molecule has 3 amide bonds. The zero-order valence-electron chi connectivity index (χ0n) is 13.7. The number of amides is 3. The van der Waals surface area contributed by atoms with E-state index in [9.17, 15) is 14.4 Å². The average Bonchev–Trinajstić information content (AvgIpc) is 2.54. The van der Waals surface area contributed by atoms with Gasteiger partial charge in [0, 0.05) is 30.8 Å². The van der Waals surface area contributed by atoms with Crippen molar-refractivity contribution in [3.63, 3.8) is 0 Å². The molecule has 1 aromatic carbocycles. The van der Waals surface area contributed by atoms with Gasteiger partial charge in [-0.25, -0.2) is 0 Å². The standard InChI is InChI=1S/C16H21ClN4O3/c1-10-7-11(3-4-12(10)17)20-15(23)9-21-6-5-19-16(24)13(21)8-14(22)18-2/h3-4,7,13H,5-6,8-9H2,1-2H3,(H,18,22)(H,19,24)(H,20,23)/t13-/m1/s1. The summed E-state index contributed by atoms with van der Waals surface area (Å²) in [5.41, 5.74) is 1.51. The Balaban J connectivity index is 2.00. The number of rotatable bonds is 5. The van der Waals surface area contributed by atoms with Crippen molar-refractivity contribution in [2.45, 2.75) is 19.4 Å². The monoisotopic (exact) mass is 352 g/mol. The number of nitrogens with one attached hydrogen (secondary N) is 3. The van der Waals surface area contributed by atoms with Gasteiger partial charge in [0.05, 0.1) is 19.0 Å². The number of carbonyl (C=O) groups is 3. The van der Waals surface area contributed by atoms with E-state index in [1.54, 1.807) is 23.1 Å². The Morgan fingerprint density at radius 3 is 2.79 bits per heavy atom. The number of piperazine rings is 1. The van der Waals surface area contributed by atoms with Crippen LogP contribution in [-0.2, 0) is 14.4 Å². The van der Waals surface area contributed by atoms with E-state index in [1.807, 2.05) is 6.92 Å². The topological polar surface area (TPSA) is 90.5 Å². The molecule has 0 aliphatic carbocycles. The first kappa shape index (κ1) is 18.2. The zero-order valence-corrected chi connectivity index (χ0v) is 14.4. The third-order valence-corrected chi connectivity index (χ3v) is 4.31. The normalized spacial score (nSPS) is 18.0. The van der Waals surface area contributed by atoms with Gasteiger partial charge in [-0.1, -0.05) is 11.6 Å². The third-order valence-electron chi connectivity index (χ3n) is 3.89. The van der Waals surface area contributed by atoms with E-state index in [4.69, 9.17) is 11.6 Å². The molecule has 1 aliphatic rings. The van der Waals surface area contributed by atoms with Crippen molar-refractivity contribution in [1.29, 1.82) is 0 Å². The molecule has 0 aromatic heterocycles. The molecule has 130 valence electrons. The van der Waals surface area contributed by atoms with Gasteiger partial charge in [0.25, 0.3) is 0 Å². The van der Waals surface area contributed by atoms with Crippen LogP contribution in [0.3, 0.4) is 0 Å². The van der Waals surface area contributed by atoms with Crippen molar-refractivity contribution < 1.29 is 14.4 Å². The van der Waals surface area contributed by atoms with Crippen LogP contribution in [0, 0.1) is 6.92 Å². The SMILES string of the molecule is CNC(=O)C[C@@H]1C(=O)NCCN1CC(=O)Nc1ccc(Cl)c(C)c1. The van der Waals surface area contributed by atoms with Crippen molar-refractivity contribution in [3.05, 3.63) is 28.8 Å². The minimum absolute atomic E-state index is 0.0235. The molecule has 1 atom stereocenters. The summed E-state index contributed by atoms with van der Waals surface area (Å²) in [5.74, 6) is -0.718. The molecule has 1 aliphatic heterocycles. The third kappa shape index (κ3) is 4.69. The van der Waals surface area contributed by atoms with E-state index in [1.165, 1.54) is 7.05 Å². The number of nitrogens with zero attached hydrogens (tertiary/aromatic N) is 1. The summed E-state index contributed by atoms with van der Waals surface area (Å²) in [6, 6.07) is 4.58. The van der Waals surface area contributed by atoms with Crippen LogP contribution in [0.4, 0.5) is 5.69 Å². The predicted molar refractivity (Wildman–Crippen MR) is 91.9 cm³/mol. The fourth-order valence-corrected chi connectivity index (χ4v) is 2.68. The fourth-order valence-electron chi connectivity index (χ4n) is 2.56. The smallest absolute Gasteiger partial charge is 0.238 e. The van der Waals surface area contributed by atoms with Crippen molar-refractivity contribution in [2.24, 2.45) is 0 Å². The molecule has 24 heavy (non-hydrogen) atoms. The number of benzene rings is 1. The Hall–Kier alpha value is -2.12. The van der Waals surface area contributed by atoms with Crippen LogP contribution in [0.2, 0.25) is 5.02 Å². The molecule has 0 radical (unpaired) electrons. The second-order valence-electron chi connectivity index (χ2n) is 5.67. The maximum absolute atomic E-state index is 12.3. The highest BCUT2D eigenvalue weighted by Crippen LogP contribution is 2.19. The molecule has 8 heteroatoms. The van der Waals surface area contributed by atoms with E-state index in [0.29, 0.717) is 23.8 Å². The van der Waals surface area contributed by atoms with E-state index in [2.05, 4.69) is 16.0 Å². The molecule has 1 heterocycles. The molecule has 1 fully saturated rings. The molecule has 2 rings (SSSR count). The van der Waals surface area contributed by atoms with Gasteiger partial charge < -0.3 is 16.0 Å². The zero-order chi connectivity index (χ0) is 17.7. The van der Waals surface area contributed by atoms with Crippen LogP contribution in [0.5, 0.6) is 0 Å². The number of aryl methyl sites for hydroxylation is 1. The lowest BCUT2D eigenvalue weighted by Gasteiger charge is -2.34. The highest BCUT2D eigenvalue weighted by molar-refractivity contribution is 6.31. The van der Waals surface area contributed by atoms with Gasteiger partial charge in [-0.2, -0.15) is 0 Å². The maximum atomic E-state index is 12.3. The van der Waals surface area contributed by atoms with Crippen molar-refractivity contribution >= 4 is 35.0 Å². The first-order valence-corrected chi connectivity index (χ1v) is 8.07. The number of hydrogen-bond donors (Lipinski definition) is 3. The van der Waals surface area contributed by atoms with Gasteiger partial charge in [-0.3, -0.25) is 19.3 Å². The number of anilines is 1. The predicted octanol–water partition coefficient (Wildman–Crippen LogP) is 0.523. The highest BCUT2D eigenvalue weighted by Gasteiger charge is 2.32. The Labute approximate surface area is 145 Å². The minimum atomic E-state index is -0.642. The van der Waals surface area contributed by atoms with Crippen molar-refractivity contribution in [3.8, 4) is 0 Å². The fraction of sp³-hybridized carbons (Fsp3) is 0.438. The summed E-state index contributed by atoms with van der Waals surface area (Å²) < 4.78 is 0. The quantitative estimate of drug-likeness (QED) is 0.720. The summed E-state index contributed by atoms with van der Waals surface area (Å²) in [6.45, 7) is 2.86. The lowest BCUT2D eigenvalue weighted by molar-refractivity contribution is -0.135. The molecule has 0 unspecified atom stereocenters. The van der Waals surface area contributed by atoms with Crippen LogP contribution in [0.25, 0.3) is 0 Å². The van der Waals surface area contributed by atoms with Gasteiger partial charge in [0.1, 0.15) is 0 Å². The van der Waals surface area contributed by atoms with Crippen LogP contribution in [0.1, 0.15) is 12.0 Å². The molecule has 0 bridgehead atoms. The average molecular weight is 353 g/mol. The van der Waals surface area contributed by atoms with Gasteiger partial charge in [0.2, 0.25) is 17.7 Å². The van der Waals surface area contributed by atoms with Crippen LogP contribution in [-0.4, -0.2) is 55.3 Å². The van der Waals surface area contributed by atoms with E-state index >= 15 is 0 Å². The molecular formula is C16H21ClN4O3. The Bertz CT molecular complexity index is 650. The Morgan fingerprint density at radius 2 is 2.12 bits per heavy atom. The first-order valence-electron chi connectivity index (χ1n) is 7.69. The van der Waals surface area contributed by atoms with Crippen LogP contribution in [0.15, 0.2) is 18.2 Å². The van der Waals surface area contributed by atoms with E-state index in [-0.39, 0.29) is 30.7 Å². The highest BCUT2D eigenvalue weighted by atomic mass is 35.5. The minimum Gasteiger partial charge on any atom is -0.359 e. The summed E-state index contributed by atoms with van der Waals surface area (Å²) in [4.78, 5) is 37.6. The van der Waals surface area contributed by atoms with Gasteiger partial charge >= 0.3 is 0 Å². The molecular weight excluding hydrogens is 332 g/mol. The summed E-state index contributed by atoms with van der Waals surface area (Å²) in [7, 11) is 1.52. The number of carbonyl (C=O) groups excluding carboxylic acids is 3. The molecule has 1 aromatic rings. The maximum Gasteiger partial charge on any atom is 0.238 e. The number of hydrogen-bond acceptors (Lipinski definition) is 4. The van der Waals surface area contributed by atoms with Crippen LogP contribution < -0.4 is 16.0 Å².